The van der Waals surface area contributed by atoms with Crippen molar-refractivity contribution in [3.63, 3.8) is 0 Å². The van der Waals surface area contributed by atoms with Crippen molar-refractivity contribution in [2.45, 2.75) is 26.0 Å². The number of fused-ring (bicyclic) bond motifs is 1. The average molecular weight is 436 g/mol. The lowest BCUT2D eigenvalue weighted by atomic mass is 10.1. The summed E-state index contributed by atoms with van der Waals surface area (Å²) in [4.78, 5) is 28.8. The second-order valence-electron chi connectivity index (χ2n) is 7.24. The molecule has 0 bridgehead atoms. The highest BCUT2D eigenvalue weighted by Crippen LogP contribution is 2.15. The first-order valence-electron chi connectivity index (χ1n) is 10.1. The summed E-state index contributed by atoms with van der Waals surface area (Å²) in [6, 6.07) is 12.4. The zero-order valence-electron chi connectivity index (χ0n) is 17.3. The van der Waals surface area contributed by atoms with Crippen LogP contribution >= 0.6 is 0 Å². The lowest BCUT2D eigenvalue weighted by Crippen LogP contribution is -2.30. The fourth-order valence-corrected chi connectivity index (χ4v) is 3.26. The zero-order valence-corrected chi connectivity index (χ0v) is 17.3. The molecule has 164 valence electrons. The van der Waals surface area contributed by atoms with Gasteiger partial charge in [0.15, 0.2) is 11.4 Å². The minimum atomic E-state index is -0.962. The lowest BCUT2D eigenvalue weighted by molar-refractivity contribution is 0.0913. The normalized spacial score (nSPS) is 12.1. The Morgan fingerprint density at radius 3 is 2.56 bits per heavy atom. The number of aliphatic hydroxyl groups excluding tert-OH is 1. The maximum atomic E-state index is 13.2. The van der Waals surface area contributed by atoms with Crippen molar-refractivity contribution >= 4 is 16.8 Å². The number of Topliss-reactive ketones (excluding diaryl/α,β-unsaturated/α-hetero) is 1. The molecule has 0 radical (unpaired) electrons. The van der Waals surface area contributed by atoms with Gasteiger partial charge in [0.1, 0.15) is 36.0 Å². The Bertz CT molecular complexity index is 1300. The predicted molar refractivity (Wildman–Crippen MR) is 116 cm³/mol. The summed E-state index contributed by atoms with van der Waals surface area (Å²) in [5, 5.41) is 14.8. The Kier molecular flexibility index (Phi) is 6.09. The van der Waals surface area contributed by atoms with Crippen molar-refractivity contribution in [1.82, 2.24) is 19.3 Å². The third-order valence-electron chi connectivity index (χ3n) is 4.97. The van der Waals surface area contributed by atoms with Gasteiger partial charge < -0.3 is 9.84 Å². The second kappa shape index (κ2) is 9.11. The molecular formula is C23H21FN4O4. The molecule has 4 aromatic rings. The van der Waals surface area contributed by atoms with Crippen LogP contribution in [0.5, 0.6) is 5.75 Å². The van der Waals surface area contributed by atoms with Gasteiger partial charge in [-0.25, -0.2) is 14.1 Å². The monoisotopic (exact) mass is 436 g/mol. The first-order chi connectivity index (χ1) is 15.5. The number of aromatic nitrogens is 4. The smallest absolute Gasteiger partial charge is 0.264 e. The number of carbonyl (C=O) groups is 1. The van der Waals surface area contributed by atoms with Crippen LogP contribution in [0.2, 0.25) is 0 Å². The minimum absolute atomic E-state index is 0.0180. The van der Waals surface area contributed by atoms with Crippen molar-refractivity contribution in [3.8, 4) is 11.4 Å². The summed E-state index contributed by atoms with van der Waals surface area (Å²) < 4.78 is 21.5. The van der Waals surface area contributed by atoms with Crippen molar-refractivity contribution < 1.29 is 19.0 Å². The van der Waals surface area contributed by atoms with Crippen LogP contribution in [0, 0.1) is 5.82 Å². The van der Waals surface area contributed by atoms with E-state index in [9.17, 15) is 19.1 Å². The highest BCUT2D eigenvalue weighted by molar-refractivity contribution is 5.95. The van der Waals surface area contributed by atoms with Crippen LogP contribution in [0.25, 0.3) is 16.7 Å². The molecular weight excluding hydrogens is 415 g/mol. The number of hydrogen-bond donors (Lipinski definition) is 1. The van der Waals surface area contributed by atoms with Gasteiger partial charge in [-0.2, -0.15) is 5.10 Å². The molecule has 1 unspecified atom stereocenters. The molecule has 0 aliphatic rings. The Morgan fingerprint density at radius 1 is 1.16 bits per heavy atom. The van der Waals surface area contributed by atoms with Gasteiger partial charge in [0.2, 0.25) is 0 Å². The van der Waals surface area contributed by atoms with Crippen molar-refractivity contribution in [2.75, 3.05) is 6.61 Å². The zero-order chi connectivity index (χ0) is 22.7. The van der Waals surface area contributed by atoms with E-state index in [1.165, 1.54) is 33.9 Å². The number of rotatable bonds is 8. The van der Waals surface area contributed by atoms with E-state index in [2.05, 4.69) is 10.1 Å². The number of halogens is 1. The third kappa shape index (κ3) is 4.42. The summed E-state index contributed by atoms with van der Waals surface area (Å²) in [5.41, 5.74) is 1.16. The van der Waals surface area contributed by atoms with Crippen LogP contribution in [0.4, 0.5) is 4.39 Å². The molecule has 0 fully saturated rings. The van der Waals surface area contributed by atoms with Gasteiger partial charge in [-0.05, 0) is 48.5 Å². The largest absolute Gasteiger partial charge is 0.491 e. The van der Waals surface area contributed by atoms with Crippen molar-refractivity contribution in [2.24, 2.45) is 0 Å². The van der Waals surface area contributed by atoms with Crippen LogP contribution < -0.4 is 10.3 Å². The molecule has 0 saturated heterocycles. The maximum Gasteiger partial charge on any atom is 0.264 e. The molecule has 1 atom stereocenters. The molecule has 0 amide bonds. The first-order valence-corrected chi connectivity index (χ1v) is 10.1. The molecule has 8 nitrogen and oxygen atoms in total. The molecule has 2 aromatic heterocycles. The van der Waals surface area contributed by atoms with Crippen LogP contribution in [-0.2, 0) is 6.54 Å². The van der Waals surface area contributed by atoms with Gasteiger partial charge in [0.25, 0.3) is 5.56 Å². The third-order valence-corrected chi connectivity index (χ3v) is 4.97. The molecule has 0 spiro atoms. The lowest BCUT2D eigenvalue weighted by Gasteiger charge is -2.14. The number of carbonyl (C=O) groups excluding carboxylic acids is 1. The first kappa shape index (κ1) is 21.4. The van der Waals surface area contributed by atoms with Crippen LogP contribution in [-0.4, -0.2) is 42.9 Å². The van der Waals surface area contributed by atoms with Crippen LogP contribution in [0.3, 0.4) is 0 Å². The van der Waals surface area contributed by atoms with Gasteiger partial charge in [-0.1, -0.05) is 6.92 Å². The number of ether oxygens (including phenoxy) is 1. The molecule has 2 heterocycles. The van der Waals surface area contributed by atoms with Crippen molar-refractivity contribution in [3.05, 3.63) is 82.8 Å². The SMILES string of the molecule is CCC(=O)c1ccc(OCC(O)Cn2cnc3c(cnn3-c3ccc(F)cc3)c2=O)cc1. The molecule has 32 heavy (non-hydrogen) atoms. The van der Waals surface area contributed by atoms with Crippen LogP contribution in [0.15, 0.2) is 65.8 Å². The molecule has 4 rings (SSSR count). The van der Waals surface area contributed by atoms with Gasteiger partial charge >= 0.3 is 0 Å². The fourth-order valence-electron chi connectivity index (χ4n) is 3.26. The van der Waals surface area contributed by atoms with E-state index in [0.717, 1.165) is 0 Å². The molecule has 0 saturated carbocycles. The number of aliphatic hydroxyl groups is 1. The van der Waals surface area contributed by atoms with Gasteiger partial charge in [-0.15, -0.1) is 0 Å². The topological polar surface area (TPSA) is 99.2 Å². The Balaban J connectivity index is 1.45. The van der Waals surface area contributed by atoms with Gasteiger partial charge in [0, 0.05) is 12.0 Å². The van der Waals surface area contributed by atoms with E-state index in [1.54, 1.807) is 43.3 Å². The number of nitrogens with zero attached hydrogens (tertiary/aromatic N) is 4. The van der Waals surface area contributed by atoms with E-state index in [-0.39, 0.29) is 35.7 Å². The van der Waals surface area contributed by atoms with E-state index in [4.69, 9.17) is 4.74 Å². The minimum Gasteiger partial charge on any atom is -0.491 e. The molecule has 2 aromatic carbocycles. The Hall–Kier alpha value is -3.85. The number of benzene rings is 2. The summed E-state index contributed by atoms with van der Waals surface area (Å²) in [6.45, 7) is 1.74. The molecule has 0 aliphatic carbocycles. The van der Waals surface area contributed by atoms with Crippen molar-refractivity contribution in [1.29, 1.82) is 0 Å². The fraction of sp³-hybridized carbons (Fsp3) is 0.217. The number of hydrogen-bond acceptors (Lipinski definition) is 6. The van der Waals surface area contributed by atoms with E-state index in [1.807, 2.05) is 0 Å². The van der Waals surface area contributed by atoms with Crippen LogP contribution in [0.1, 0.15) is 23.7 Å². The maximum absolute atomic E-state index is 13.2. The van der Waals surface area contributed by atoms with E-state index in [0.29, 0.717) is 29.1 Å². The number of ketones is 1. The second-order valence-corrected chi connectivity index (χ2v) is 7.24. The Labute approximate surface area is 182 Å². The molecule has 1 N–H and O–H groups in total. The standard InChI is InChI=1S/C23H21FN4O4/c1-2-21(30)15-3-9-19(10-4-15)32-13-18(29)12-27-14-25-22-20(23(27)31)11-26-28(22)17-7-5-16(24)6-8-17/h3-11,14,18,29H,2,12-13H2,1H3. The average Bonchev–Trinajstić information content (AvgIpc) is 3.25. The molecule has 9 heteroatoms. The van der Waals surface area contributed by atoms with Gasteiger partial charge in [-0.3, -0.25) is 14.2 Å². The molecule has 0 aliphatic heterocycles. The summed E-state index contributed by atoms with van der Waals surface area (Å²) in [5.74, 6) is 0.182. The summed E-state index contributed by atoms with van der Waals surface area (Å²) in [7, 11) is 0. The highest BCUT2D eigenvalue weighted by atomic mass is 19.1. The van der Waals surface area contributed by atoms with E-state index >= 15 is 0 Å². The quantitative estimate of drug-likeness (QED) is 0.427. The summed E-state index contributed by atoms with van der Waals surface area (Å²) >= 11 is 0. The van der Waals surface area contributed by atoms with Gasteiger partial charge in [0.05, 0.1) is 18.4 Å². The predicted octanol–water partition coefficient (Wildman–Crippen LogP) is 2.75. The summed E-state index contributed by atoms with van der Waals surface area (Å²) in [6.07, 6.45) is 2.19. The van der Waals surface area contributed by atoms with E-state index < -0.39 is 6.10 Å². The highest BCUT2D eigenvalue weighted by Gasteiger charge is 2.14. The Morgan fingerprint density at radius 2 is 1.88 bits per heavy atom.